The summed E-state index contributed by atoms with van der Waals surface area (Å²) in [4.78, 5) is 18.5. The molecule has 0 aliphatic rings. The number of carbonyl (C=O) groups is 1. The zero-order valence-corrected chi connectivity index (χ0v) is 18.5. The first-order valence-electron chi connectivity index (χ1n) is 10.2. The highest BCUT2D eigenvalue weighted by molar-refractivity contribution is 5.79. The first-order valence-corrected chi connectivity index (χ1v) is 10.2. The van der Waals surface area contributed by atoms with Crippen molar-refractivity contribution in [2.24, 2.45) is 16.8 Å². The molecule has 0 aliphatic carbocycles. The summed E-state index contributed by atoms with van der Waals surface area (Å²) in [7, 11) is 0. The average Bonchev–Trinajstić information content (AvgIpc) is 2.54. The molecular weight excluding hydrogens is 344 g/mol. The molecule has 7 heteroatoms. The van der Waals surface area contributed by atoms with Gasteiger partial charge in [-0.2, -0.15) is 0 Å². The van der Waals surface area contributed by atoms with Crippen molar-refractivity contribution >= 4 is 12.1 Å². The Morgan fingerprint density at radius 3 is 2.37 bits per heavy atom. The predicted octanol–water partition coefficient (Wildman–Crippen LogP) is 2.84. The Bertz CT molecular complexity index is 433. The molecule has 0 saturated heterocycles. The second-order valence-electron chi connectivity index (χ2n) is 8.21. The summed E-state index contributed by atoms with van der Waals surface area (Å²) in [6.45, 7) is 17.3. The molecule has 0 radical (unpaired) electrons. The Balaban J connectivity index is 4.64. The number of hydrogen-bond donors (Lipinski definition) is 3. The Morgan fingerprint density at radius 1 is 1.22 bits per heavy atom. The lowest BCUT2D eigenvalue weighted by atomic mass is 9.94. The zero-order valence-electron chi connectivity index (χ0n) is 18.5. The van der Waals surface area contributed by atoms with Crippen molar-refractivity contribution in [3.8, 4) is 0 Å². The van der Waals surface area contributed by atoms with Crippen LogP contribution >= 0.6 is 0 Å². The SMILES string of the molecule is CCNC(=NCC(CCO)CC(C)C)NCCN(CC)C(=O)OC(C)(C)C. The van der Waals surface area contributed by atoms with Gasteiger partial charge in [0, 0.05) is 39.3 Å². The van der Waals surface area contributed by atoms with E-state index in [2.05, 4.69) is 29.5 Å². The summed E-state index contributed by atoms with van der Waals surface area (Å²) in [5, 5.41) is 15.8. The molecule has 0 heterocycles. The fraction of sp³-hybridized carbons (Fsp3) is 0.900. The van der Waals surface area contributed by atoms with Gasteiger partial charge in [0.25, 0.3) is 0 Å². The van der Waals surface area contributed by atoms with Crippen LogP contribution < -0.4 is 10.6 Å². The minimum atomic E-state index is -0.494. The maximum atomic E-state index is 12.2. The van der Waals surface area contributed by atoms with Gasteiger partial charge in [0.1, 0.15) is 5.60 Å². The monoisotopic (exact) mass is 386 g/mol. The van der Waals surface area contributed by atoms with Crippen LogP contribution in [-0.2, 0) is 4.74 Å². The van der Waals surface area contributed by atoms with Gasteiger partial charge in [-0.15, -0.1) is 0 Å². The van der Waals surface area contributed by atoms with E-state index in [0.29, 0.717) is 38.0 Å². The van der Waals surface area contributed by atoms with Gasteiger partial charge in [-0.1, -0.05) is 13.8 Å². The molecule has 3 N–H and O–H groups in total. The van der Waals surface area contributed by atoms with Crippen LogP contribution in [0.1, 0.15) is 61.3 Å². The third-order valence-corrected chi connectivity index (χ3v) is 3.90. The van der Waals surface area contributed by atoms with Crippen LogP contribution in [0.25, 0.3) is 0 Å². The number of nitrogens with one attached hydrogen (secondary N) is 2. The maximum absolute atomic E-state index is 12.2. The summed E-state index contributed by atoms with van der Waals surface area (Å²) < 4.78 is 5.43. The van der Waals surface area contributed by atoms with Gasteiger partial charge in [-0.25, -0.2) is 4.79 Å². The van der Waals surface area contributed by atoms with Gasteiger partial charge >= 0.3 is 6.09 Å². The van der Waals surface area contributed by atoms with E-state index < -0.39 is 5.60 Å². The molecule has 1 amide bonds. The Hall–Kier alpha value is -1.50. The molecule has 0 aromatic rings. The fourth-order valence-corrected chi connectivity index (χ4v) is 2.71. The first-order chi connectivity index (χ1) is 12.6. The summed E-state index contributed by atoms with van der Waals surface area (Å²) in [5.41, 5.74) is -0.494. The summed E-state index contributed by atoms with van der Waals surface area (Å²) in [6.07, 6.45) is 1.52. The number of guanidine groups is 1. The second kappa shape index (κ2) is 13.6. The lowest BCUT2D eigenvalue weighted by Gasteiger charge is -2.26. The van der Waals surface area contributed by atoms with E-state index >= 15 is 0 Å². The molecule has 1 atom stereocenters. The van der Waals surface area contributed by atoms with Crippen molar-refractivity contribution in [1.29, 1.82) is 0 Å². The quantitative estimate of drug-likeness (QED) is 0.375. The standard InChI is InChI=1S/C20H42N4O3/c1-8-21-18(23-15-17(10-13-25)14-16(3)4)22-11-12-24(9-2)19(26)27-20(5,6)7/h16-17,25H,8-15H2,1-7H3,(H2,21,22,23). The Morgan fingerprint density at radius 2 is 1.89 bits per heavy atom. The van der Waals surface area contributed by atoms with Gasteiger partial charge in [0.05, 0.1) is 0 Å². The molecule has 7 nitrogen and oxygen atoms in total. The van der Waals surface area contributed by atoms with E-state index in [1.54, 1.807) is 4.90 Å². The number of likely N-dealkylation sites (N-methyl/N-ethyl adjacent to an activating group) is 1. The molecule has 0 aliphatic heterocycles. The number of carbonyl (C=O) groups excluding carboxylic acids is 1. The fourth-order valence-electron chi connectivity index (χ4n) is 2.71. The minimum Gasteiger partial charge on any atom is -0.444 e. The number of ether oxygens (including phenoxy) is 1. The van der Waals surface area contributed by atoms with E-state index in [9.17, 15) is 9.90 Å². The molecule has 0 fully saturated rings. The molecule has 0 bridgehead atoms. The van der Waals surface area contributed by atoms with Gasteiger partial charge in [0.2, 0.25) is 0 Å². The van der Waals surface area contributed by atoms with E-state index in [0.717, 1.165) is 25.3 Å². The molecule has 0 aromatic carbocycles. The van der Waals surface area contributed by atoms with Crippen molar-refractivity contribution in [1.82, 2.24) is 15.5 Å². The number of aliphatic imine (C=N–C) groups is 1. The van der Waals surface area contributed by atoms with Crippen molar-refractivity contribution in [3.05, 3.63) is 0 Å². The molecule has 0 spiro atoms. The summed E-state index contributed by atoms with van der Waals surface area (Å²) >= 11 is 0. The number of aliphatic hydroxyl groups is 1. The summed E-state index contributed by atoms with van der Waals surface area (Å²) in [5.74, 6) is 1.70. The molecule has 0 rings (SSSR count). The second-order valence-corrected chi connectivity index (χ2v) is 8.21. The highest BCUT2D eigenvalue weighted by Crippen LogP contribution is 2.15. The van der Waals surface area contributed by atoms with Crippen molar-refractivity contribution in [2.75, 3.05) is 39.3 Å². The van der Waals surface area contributed by atoms with Crippen LogP contribution in [0.15, 0.2) is 4.99 Å². The molecule has 160 valence electrons. The largest absolute Gasteiger partial charge is 0.444 e. The van der Waals surface area contributed by atoms with E-state index in [4.69, 9.17) is 4.74 Å². The van der Waals surface area contributed by atoms with E-state index in [1.807, 2.05) is 34.6 Å². The number of nitrogens with zero attached hydrogens (tertiary/aromatic N) is 2. The molecular formula is C20H42N4O3. The van der Waals surface area contributed by atoms with Gasteiger partial charge in [-0.3, -0.25) is 4.99 Å². The third-order valence-electron chi connectivity index (χ3n) is 3.90. The number of aliphatic hydroxyl groups excluding tert-OH is 1. The molecule has 27 heavy (non-hydrogen) atoms. The van der Waals surface area contributed by atoms with Crippen LogP contribution in [0.5, 0.6) is 0 Å². The van der Waals surface area contributed by atoms with Crippen LogP contribution in [-0.4, -0.2) is 67.0 Å². The highest BCUT2D eigenvalue weighted by Gasteiger charge is 2.20. The van der Waals surface area contributed by atoms with Crippen molar-refractivity contribution < 1.29 is 14.6 Å². The normalized spacial score (nSPS) is 13.4. The Labute approximate surface area is 165 Å². The zero-order chi connectivity index (χ0) is 20.9. The lowest BCUT2D eigenvalue weighted by Crippen LogP contribution is -2.44. The number of amides is 1. The van der Waals surface area contributed by atoms with Crippen molar-refractivity contribution in [3.63, 3.8) is 0 Å². The molecule has 0 saturated carbocycles. The van der Waals surface area contributed by atoms with Gasteiger partial charge in [0.15, 0.2) is 5.96 Å². The first kappa shape index (κ1) is 25.5. The smallest absolute Gasteiger partial charge is 0.410 e. The van der Waals surface area contributed by atoms with Crippen molar-refractivity contribution in [2.45, 2.75) is 66.9 Å². The third kappa shape index (κ3) is 13.3. The Kier molecular flexibility index (Phi) is 12.9. The highest BCUT2D eigenvalue weighted by atomic mass is 16.6. The van der Waals surface area contributed by atoms with Crippen LogP contribution in [0.3, 0.4) is 0 Å². The molecule has 1 unspecified atom stereocenters. The van der Waals surface area contributed by atoms with Crippen LogP contribution in [0, 0.1) is 11.8 Å². The average molecular weight is 387 g/mol. The summed E-state index contributed by atoms with van der Waals surface area (Å²) in [6, 6.07) is 0. The molecule has 0 aromatic heterocycles. The van der Waals surface area contributed by atoms with E-state index in [1.165, 1.54) is 0 Å². The topological polar surface area (TPSA) is 86.2 Å². The lowest BCUT2D eigenvalue weighted by molar-refractivity contribution is 0.0264. The maximum Gasteiger partial charge on any atom is 0.410 e. The van der Waals surface area contributed by atoms with Crippen LogP contribution in [0.4, 0.5) is 4.79 Å². The number of hydrogen-bond acceptors (Lipinski definition) is 4. The van der Waals surface area contributed by atoms with Gasteiger partial charge in [-0.05, 0) is 59.3 Å². The van der Waals surface area contributed by atoms with E-state index in [-0.39, 0.29) is 12.7 Å². The van der Waals surface area contributed by atoms with Gasteiger partial charge < -0.3 is 25.4 Å². The van der Waals surface area contributed by atoms with Crippen LogP contribution in [0.2, 0.25) is 0 Å². The number of rotatable bonds is 11. The minimum absolute atomic E-state index is 0.193. The predicted molar refractivity (Wildman–Crippen MR) is 112 cm³/mol.